The predicted molar refractivity (Wildman–Crippen MR) is 104 cm³/mol. The maximum atomic E-state index is 11.8. The van der Waals surface area contributed by atoms with Crippen LogP contribution in [0.4, 0.5) is 11.5 Å². The van der Waals surface area contributed by atoms with Gasteiger partial charge in [0.05, 0.1) is 4.92 Å². The summed E-state index contributed by atoms with van der Waals surface area (Å²) in [5, 5.41) is 12.6. The normalized spacial score (nSPS) is 14.3. The third-order valence-electron chi connectivity index (χ3n) is 4.49. The first-order valence-corrected chi connectivity index (χ1v) is 9.40. The van der Waals surface area contributed by atoms with Crippen molar-refractivity contribution in [1.29, 1.82) is 0 Å². The van der Waals surface area contributed by atoms with E-state index in [2.05, 4.69) is 30.9 Å². The Labute approximate surface area is 163 Å². The molecule has 9 heteroatoms. The number of hydrogen-bond donors (Lipinski definition) is 0. The number of fused-ring (bicyclic) bond motifs is 1. The highest BCUT2D eigenvalue weighted by molar-refractivity contribution is 9.10. The van der Waals surface area contributed by atoms with Crippen molar-refractivity contribution in [2.75, 3.05) is 18.0 Å². The van der Waals surface area contributed by atoms with Crippen LogP contribution < -0.4 is 9.64 Å². The van der Waals surface area contributed by atoms with Gasteiger partial charge < -0.3 is 9.64 Å². The van der Waals surface area contributed by atoms with E-state index in [1.807, 2.05) is 23.1 Å². The molecule has 1 aliphatic rings. The minimum atomic E-state index is -0.478. The van der Waals surface area contributed by atoms with Crippen LogP contribution in [0.15, 0.2) is 41.3 Å². The summed E-state index contributed by atoms with van der Waals surface area (Å²) in [6, 6.07) is 7.25. The van der Waals surface area contributed by atoms with E-state index in [0.29, 0.717) is 17.1 Å². The van der Waals surface area contributed by atoms with Gasteiger partial charge in [-0.1, -0.05) is 22.0 Å². The first kappa shape index (κ1) is 17.6. The molecule has 0 amide bonds. The molecule has 0 radical (unpaired) electrons. The lowest BCUT2D eigenvalue weighted by molar-refractivity contribution is -0.385. The fourth-order valence-electron chi connectivity index (χ4n) is 3.22. The van der Waals surface area contributed by atoms with E-state index < -0.39 is 4.92 Å². The van der Waals surface area contributed by atoms with Gasteiger partial charge in [-0.25, -0.2) is 4.98 Å². The molecule has 0 aliphatic carbocycles. The summed E-state index contributed by atoms with van der Waals surface area (Å²) in [5.41, 5.74) is 0.380. The van der Waals surface area contributed by atoms with Crippen LogP contribution in [0.3, 0.4) is 0 Å². The van der Waals surface area contributed by atoms with Crippen molar-refractivity contribution in [3.63, 3.8) is 0 Å². The lowest BCUT2D eigenvalue weighted by atomic mass is 10.1. The zero-order chi connectivity index (χ0) is 18.8. The molecule has 0 bridgehead atoms. The largest absolute Gasteiger partial charge is 0.431 e. The summed E-state index contributed by atoms with van der Waals surface area (Å²) in [6.45, 7) is 1.47. The van der Waals surface area contributed by atoms with Gasteiger partial charge in [0, 0.05) is 29.1 Å². The molecule has 0 N–H and O–H groups in total. The van der Waals surface area contributed by atoms with Gasteiger partial charge in [0.1, 0.15) is 11.8 Å². The molecular weight excluding hydrogens is 414 g/mol. The molecular formula is C18H16BrN5O3. The summed E-state index contributed by atoms with van der Waals surface area (Å²) in [5.74, 6) is 0.629. The van der Waals surface area contributed by atoms with Crippen LogP contribution in [0.25, 0.3) is 10.9 Å². The number of pyridine rings is 1. The van der Waals surface area contributed by atoms with Gasteiger partial charge >= 0.3 is 11.6 Å². The number of aromatic nitrogens is 3. The molecule has 4 rings (SSSR count). The Morgan fingerprint density at radius 3 is 2.70 bits per heavy atom. The van der Waals surface area contributed by atoms with Gasteiger partial charge in [0.2, 0.25) is 5.82 Å². The van der Waals surface area contributed by atoms with Crippen molar-refractivity contribution in [3.05, 3.63) is 51.4 Å². The molecule has 2 aromatic heterocycles. The zero-order valence-corrected chi connectivity index (χ0v) is 15.9. The Bertz CT molecular complexity index is 1010. The number of halogens is 1. The number of benzene rings is 1. The molecule has 3 aromatic rings. The fourth-order valence-corrected chi connectivity index (χ4v) is 3.68. The SMILES string of the molecule is O=[N+]([O-])c1c(Oc2ccc(Br)c3cccnc23)ncnc1N1CCCCC1. The molecule has 1 aromatic carbocycles. The number of nitro groups is 1. The molecule has 1 aliphatic heterocycles. The summed E-state index contributed by atoms with van der Waals surface area (Å²) in [4.78, 5) is 25.8. The van der Waals surface area contributed by atoms with Crippen LogP contribution in [0.5, 0.6) is 11.6 Å². The molecule has 27 heavy (non-hydrogen) atoms. The summed E-state index contributed by atoms with van der Waals surface area (Å²) in [7, 11) is 0. The molecule has 8 nitrogen and oxygen atoms in total. The minimum Gasteiger partial charge on any atom is -0.431 e. The summed E-state index contributed by atoms with van der Waals surface area (Å²) < 4.78 is 6.73. The number of nitrogens with zero attached hydrogens (tertiary/aromatic N) is 5. The van der Waals surface area contributed by atoms with E-state index in [-0.39, 0.29) is 11.6 Å². The molecule has 1 saturated heterocycles. The Kier molecular flexibility index (Phi) is 4.85. The number of anilines is 1. The minimum absolute atomic E-state index is 0.0788. The van der Waals surface area contributed by atoms with Crippen molar-refractivity contribution in [3.8, 4) is 11.6 Å². The van der Waals surface area contributed by atoms with Gasteiger partial charge in [0.15, 0.2) is 5.75 Å². The molecule has 0 atom stereocenters. The fraction of sp³-hybridized carbons (Fsp3) is 0.278. The second-order valence-electron chi connectivity index (χ2n) is 6.20. The quantitative estimate of drug-likeness (QED) is 0.445. The highest BCUT2D eigenvalue weighted by Crippen LogP contribution is 2.39. The van der Waals surface area contributed by atoms with E-state index in [9.17, 15) is 10.1 Å². The monoisotopic (exact) mass is 429 g/mol. The topological polar surface area (TPSA) is 94.3 Å². The lowest BCUT2D eigenvalue weighted by Crippen LogP contribution is -2.30. The van der Waals surface area contributed by atoms with Gasteiger partial charge in [-0.15, -0.1) is 0 Å². The van der Waals surface area contributed by atoms with Crippen molar-refractivity contribution in [1.82, 2.24) is 15.0 Å². The third-order valence-corrected chi connectivity index (χ3v) is 5.19. The number of ether oxygens (including phenoxy) is 1. The van der Waals surface area contributed by atoms with Crippen LogP contribution in [0, 0.1) is 10.1 Å². The number of rotatable bonds is 4. The number of piperidine rings is 1. The average molecular weight is 430 g/mol. The third kappa shape index (κ3) is 3.42. The summed E-state index contributed by atoms with van der Waals surface area (Å²) >= 11 is 3.48. The molecule has 1 fully saturated rings. The zero-order valence-electron chi connectivity index (χ0n) is 14.3. The van der Waals surface area contributed by atoms with Crippen LogP contribution in [0.2, 0.25) is 0 Å². The second-order valence-corrected chi connectivity index (χ2v) is 7.06. The first-order valence-electron chi connectivity index (χ1n) is 8.60. The summed E-state index contributed by atoms with van der Waals surface area (Å²) in [6.07, 6.45) is 6.04. The maximum Gasteiger partial charge on any atom is 0.373 e. The van der Waals surface area contributed by atoms with Crippen molar-refractivity contribution < 1.29 is 9.66 Å². The first-order chi connectivity index (χ1) is 13.1. The second kappa shape index (κ2) is 7.43. The maximum absolute atomic E-state index is 11.8. The smallest absolute Gasteiger partial charge is 0.373 e. The van der Waals surface area contributed by atoms with E-state index in [1.165, 1.54) is 6.33 Å². The molecule has 138 valence electrons. The van der Waals surface area contributed by atoms with E-state index >= 15 is 0 Å². The highest BCUT2D eigenvalue weighted by Gasteiger charge is 2.29. The standard InChI is InChI=1S/C18H16BrN5O3/c19-13-6-7-14(15-12(13)5-4-8-20-15)27-18-16(24(25)26)17(21-11-22-18)23-9-2-1-3-10-23/h4-8,11H,1-3,9-10H2. The molecule has 0 unspecified atom stereocenters. The molecule has 3 heterocycles. The van der Waals surface area contributed by atoms with E-state index in [4.69, 9.17) is 4.74 Å². The Hall–Kier alpha value is -2.81. The van der Waals surface area contributed by atoms with Crippen LogP contribution in [-0.2, 0) is 0 Å². The molecule has 0 saturated carbocycles. The van der Waals surface area contributed by atoms with Gasteiger partial charge in [-0.3, -0.25) is 15.1 Å². The Morgan fingerprint density at radius 1 is 1.11 bits per heavy atom. The Morgan fingerprint density at radius 2 is 1.93 bits per heavy atom. The van der Waals surface area contributed by atoms with Crippen LogP contribution in [0.1, 0.15) is 19.3 Å². The van der Waals surface area contributed by atoms with Gasteiger partial charge in [-0.05, 0) is 37.5 Å². The van der Waals surface area contributed by atoms with E-state index in [1.54, 1.807) is 12.3 Å². The Balaban J connectivity index is 1.79. The van der Waals surface area contributed by atoms with Crippen molar-refractivity contribution >= 4 is 38.3 Å². The highest BCUT2D eigenvalue weighted by atomic mass is 79.9. The van der Waals surface area contributed by atoms with Crippen molar-refractivity contribution in [2.24, 2.45) is 0 Å². The lowest BCUT2D eigenvalue weighted by Gasteiger charge is -2.27. The van der Waals surface area contributed by atoms with Crippen LogP contribution in [-0.4, -0.2) is 33.0 Å². The number of hydrogen-bond acceptors (Lipinski definition) is 7. The average Bonchev–Trinajstić information content (AvgIpc) is 2.70. The molecule has 0 spiro atoms. The van der Waals surface area contributed by atoms with Crippen LogP contribution >= 0.6 is 15.9 Å². The van der Waals surface area contributed by atoms with Gasteiger partial charge in [-0.2, -0.15) is 4.98 Å². The van der Waals surface area contributed by atoms with E-state index in [0.717, 1.165) is 42.2 Å². The predicted octanol–water partition coefficient (Wildman–Crippen LogP) is 4.48. The van der Waals surface area contributed by atoms with Gasteiger partial charge in [0.25, 0.3) is 0 Å². The van der Waals surface area contributed by atoms with Crippen molar-refractivity contribution in [2.45, 2.75) is 19.3 Å².